The van der Waals surface area contributed by atoms with Crippen molar-refractivity contribution in [1.29, 1.82) is 0 Å². The van der Waals surface area contributed by atoms with Gasteiger partial charge in [-0.1, -0.05) is 133 Å². The zero-order valence-electron chi connectivity index (χ0n) is 20.8. The maximum absolute atomic E-state index is 4.91. The first-order valence-electron chi connectivity index (χ1n) is 12.8. The molecule has 0 spiro atoms. The smallest absolute Gasteiger partial charge is 0.159 e. The standard InChI is InChI=1S/C36H24N2/c1-3-11-31-25(7-1)9-5-13-33(31)27-15-19-29(20-16-27)35-23-24-37-36(38-35)30-21-17-28(18-22-30)34-14-6-10-26-8-2-4-12-32(26)34/h1-24H. The number of aromatic nitrogens is 2. The Kier molecular flexibility index (Phi) is 5.49. The highest BCUT2D eigenvalue weighted by Crippen LogP contribution is 2.32. The number of benzene rings is 6. The van der Waals surface area contributed by atoms with Gasteiger partial charge in [-0.25, -0.2) is 9.97 Å². The van der Waals surface area contributed by atoms with Gasteiger partial charge in [-0.2, -0.15) is 0 Å². The second-order valence-electron chi connectivity index (χ2n) is 9.47. The molecule has 0 fully saturated rings. The summed E-state index contributed by atoms with van der Waals surface area (Å²) >= 11 is 0. The number of rotatable bonds is 4. The lowest BCUT2D eigenvalue weighted by Gasteiger charge is -2.09. The van der Waals surface area contributed by atoms with E-state index in [4.69, 9.17) is 4.98 Å². The molecule has 6 aromatic carbocycles. The second kappa shape index (κ2) is 9.42. The monoisotopic (exact) mass is 484 g/mol. The number of nitrogens with zero attached hydrogens (tertiary/aromatic N) is 2. The average molecular weight is 485 g/mol. The van der Waals surface area contributed by atoms with Crippen molar-refractivity contribution in [1.82, 2.24) is 9.97 Å². The van der Waals surface area contributed by atoms with Gasteiger partial charge in [-0.05, 0) is 49.9 Å². The van der Waals surface area contributed by atoms with Crippen molar-refractivity contribution in [3.8, 4) is 44.9 Å². The highest BCUT2D eigenvalue weighted by atomic mass is 14.9. The van der Waals surface area contributed by atoms with Crippen LogP contribution in [-0.4, -0.2) is 9.97 Å². The van der Waals surface area contributed by atoms with E-state index in [0.29, 0.717) is 0 Å². The quantitative estimate of drug-likeness (QED) is 0.249. The van der Waals surface area contributed by atoms with Crippen LogP contribution in [0.2, 0.25) is 0 Å². The molecule has 2 heteroatoms. The predicted molar refractivity (Wildman–Crippen MR) is 159 cm³/mol. The average Bonchev–Trinajstić information content (AvgIpc) is 3.01. The van der Waals surface area contributed by atoms with Crippen molar-refractivity contribution in [2.24, 2.45) is 0 Å². The number of hydrogen-bond acceptors (Lipinski definition) is 2. The molecule has 178 valence electrons. The fraction of sp³-hybridized carbons (Fsp3) is 0. The van der Waals surface area contributed by atoms with Gasteiger partial charge < -0.3 is 0 Å². The van der Waals surface area contributed by atoms with Crippen molar-refractivity contribution in [3.63, 3.8) is 0 Å². The van der Waals surface area contributed by atoms with E-state index in [-0.39, 0.29) is 0 Å². The predicted octanol–water partition coefficient (Wildman–Crippen LogP) is 9.45. The lowest BCUT2D eigenvalue weighted by molar-refractivity contribution is 1.18. The number of fused-ring (bicyclic) bond motifs is 2. The molecule has 0 saturated heterocycles. The Morgan fingerprint density at radius 2 is 0.842 bits per heavy atom. The maximum Gasteiger partial charge on any atom is 0.159 e. The summed E-state index contributed by atoms with van der Waals surface area (Å²) in [6.07, 6.45) is 1.84. The molecular weight excluding hydrogens is 460 g/mol. The third-order valence-electron chi connectivity index (χ3n) is 7.18. The molecule has 1 heterocycles. The van der Waals surface area contributed by atoms with Crippen LogP contribution in [0.5, 0.6) is 0 Å². The first kappa shape index (κ1) is 22.1. The minimum absolute atomic E-state index is 0.727. The van der Waals surface area contributed by atoms with Crippen molar-refractivity contribution < 1.29 is 0 Å². The molecule has 38 heavy (non-hydrogen) atoms. The molecule has 7 aromatic rings. The molecule has 0 unspecified atom stereocenters. The fourth-order valence-electron chi connectivity index (χ4n) is 5.23. The highest BCUT2D eigenvalue weighted by molar-refractivity contribution is 5.97. The van der Waals surface area contributed by atoms with Crippen LogP contribution in [0.4, 0.5) is 0 Å². The molecule has 7 rings (SSSR count). The lowest BCUT2D eigenvalue weighted by atomic mass is 9.97. The van der Waals surface area contributed by atoms with Crippen LogP contribution in [0.15, 0.2) is 146 Å². The second-order valence-corrected chi connectivity index (χ2v) is 9.47. The van der Waals surface area contributed by atoms with E-state index in [9.17, 15) is 0 Å². The Morgan fingerprint density at radius 3 is 1.42 bits per heavy atom. The van der Waals surface area contributed by atoms with E-state index in [1.165, 1.54) is 43.8 Å². The summed E-state index contributed by atoms with van der Waals surface area (Å²) in [7, 11) is 0. The summed E-state index contributed by atoms with van der Waals surface area (Å²) in [6.45, 7) is 0. The van der Waals surface area contributed by atoms with Gasteiger partial charge in [0.1, 0.15) is 0 Å². The Morgan fingerprint density at radius 1 is 0.368 bits per heavy atom. The molecule has 0 aliphatic rings. The number of hydrogen-bond donors (Lipinski definition) is 0. The molecule has 0 N–H and O–H groups in total. The largest absolute Gasteiger partial charge is 0.237 e. The van der Waals surface area contributed by atoms with Crippen LogP contribution in [-0.2, 0) is 0 Å². The van der Waals surface area contributed by atoms with E-state index in [2.05, 4.69) is 138 Å². The first-order chi connectivity index (χ1) is 18.8. The van der Waals surface area contributed by atoms with Gasteiger partial charge in [-0.15, -0.1) is 0 Å². The van der Waals surface area contributed by atoms with Gasteiger partial charge >= 0.3 is 0 Å². The van der Waals surface area contributed by atoms with Gasteiger partial charge in [0.15, 0.2) is 5.82 Å². The van der Waals surface area contributed by atoms with Crippen molar-refractivity contribution >= 4 is 21.5 Å². The molecule has 0 saturated carbocycles. The third-order valence-corrected chi connectivity index (χ3v) is 7.18. The Hall–Kier alpha value is -5.08. The zero-order valence-corrected chi connectivity index (χ0v) is 20.8. The molecule has 0 bridgehead atoms. The summed E-state index contributed by atoms with van der Waals surface area (Å²) < 4.78 is 0. The molecule has 1 aromatic heterocycles. The molecule has 2 nitrogen and oxygen atoms in total. The van der Waals surface area contributed by atoms with Crippen molar-refractivity contribution in [3.05, 3.63) is 146 Å². The summed E-state index contributed by atoms with van der Waals surface area (Å²) in [4.78, 5) is 9.48. The SMILES string of the molecule is c1ccc2c(-c3ccc(-c4ccnc(-c5ccc(-c6cccc7ccccc67)cc5)n4)cc3)cccc2c1. The van der Waals surface area contributed by atoms with Gasteiger partial charge in [0.25, 0.3) is 0 Å². The molecule has 0 aliphatic carbocycles. The van der Waals surface area contributed by atoms with Crippen LogP contribution >= 0.6 is 0 Å². The van der Waals surface area contributed by atoms with E-state index in [1.54, 1.807) is 0 Å². The summed E-state index contributed by atoms with van der Waals surface area (Å²) in [5, 5.41) is 5.02. The van der Waals surface area contributed by atoms with Gasteiger partial charge in [-0.3, -0.25) is 0 Å². The normalized spacial score (nSPS) is 11.2. The molecule has 0 aliphatic heterocycles. The van der Waals surface area contributed by atoms with E-state index in [0.717, 1.165) is 22.6 Å². The Balaban J connectivity index is 1.19. The van der Waals surface area contributed by atoms with Crippen LogP contribution in [0.3, 0.4) is 0 Å². The molecule has 0 amide bonds. The summed E-state index contributed by atoms with van der Waals surface area (Å²) in [5.41, 5.74) is 7.85. The minimum atomic E-state index is 0.727. The summed E-state index contributed by atoms with van der Waals surface area (Å²) in [6, 6.07) is 49.1. The maximum atomic E-state index is 4.91. The van der Waals surface area contributed by atoms with E-state index >= 15 is 0 Å². The van der Waals surface area contributed by atoms with Gasteiger partial charge in [0, 0.05) is 17.3 Å². The van der Waals surface area contributed by atoms with E-state index in [1.807, 2.05) is 12.3 Å². The minimum Gasteiger partial charge on any atom is -0.237 e. The molecule has 0 atom stereocenters. The van der Waals surface area contributed by atoms with Crippen LogP contribution < -0.4 is 0 Å². The van der Waals surface area contributed by atoms with E-state index < -0.39 is 0 Å². The first-order valence-corrected chi connectivity index (χ1v) is 12.8. The van der Waals surface area contributed by atoms with Crippen LogP contribution in [0, 0.1) is 0 Å². The fourth-order valence-corrected chi connectivity index (χ4v) is 5.23. The third kappa shape index (κ3) is 4.03. The molecular formula is C36H24N2. The van der Waals surface area contributed by atoms with Crippen molar-refractivity contribution in [2.45, 2.75) is 0 Å². The van der Waals surface area contributed by atoms with Crippen LogP contribution in [0.25, 0.3) is 66.4 Å². The van der Waals surface area contributed by atoms with Gasteiger partial charge in [0.2, 0.25) is 0 Å². The van der Waals surface area contributed by atoms with Gasteiger partial charge in [0.05, 0.1) is 5.69 Å². The lowest BCUT2D eigenvalue weighted by Crippen LogP contribution is -1.92. The summed E-state index contributed by atoms with van der Waals surface area (Å²) in [5.74, 6) is 0.727. The Bertz CT molecular complexity index is 1750. The van der Waals surface area contributed by atoms with Crippen molar-refractivity contribution in [2.75, 3.05) is 0 Å². The highest BCUT2D eigenvalue weighted by Gasteiger charge is 2.09. The zero-order chi connectivity index (χ0) is 25.3. The van der Waals surface area contributed by atoms with Crippen LogP contribution in [0.1, 0.15) is 0 Å². The Labute approximate surface area is 221 Å². The molecule has 0 radical (unpaired) electrons. The topological polar surface area (TPSA) is 25.8 Å².